The molecule has 2 N–H and O–H groups in total. The molecule has 3 nitrogen and oxygen atoms in total. The largest absolute Gasteiger partial charge is 0.381 e. The lowest BCUT2D eigenvalue weighted by Crippen LogP contribution is -2.39. The SMILES string of the molecule is COC1C2CC3(c4ccccc4)CC1C(C(=S)N=CC1CCC(CN)CC1)(C2)C3. The van der Waals surface area contributed by atoms with Crippen LogP contribution in [-0.2, 0) is 10.2 Å². The number of aliphatic imine (C=N–C) groups is 1. The van der Waals surface area contributed by atoms with E-state index in [-0.39, 0.29) is 10.8 Å². The number of methoxy groups -OCH3 is 1. The van der Waals surface area contributed by atoms with Crippen molar-refractivity contribution in [3.05, 3.63) is 35.9 Å². The van der Waals surface area contributed by atoms with Gasteiger partial charge in [0, 0.05) is 18.7 Å². The Morgan fingerprint density at radius 3 is 2.62 bits per heavy atom. The molecular weight excluding hydrogens is 376 g/mol. The molecule has 5 saturated carbocycles. The van der Waals surface area contributed by atoms with Crippen molar-refractivity contribution < 1.29 is 4.74 Å². The molecule has 4 bridgehead atoms. The quantitative estimate of drug-likeness (QED) is 0.553. The maximum atomic E-state index is 6.06. The van der Waals surface area contributed by atoms with Gasteiger partial charge in [0.1, 0.15) is 4.99 Å². The number of hydrogen-bond acceptors (Lipinski definition) is 3. The van der Waals surface area contributed by atoms with Gasteiger partial charge in [0.15, 0.2) is 0 Å². The summed E-state index contributed by atoms with van der Waals surface area (Å²) in [6.45, 7) is 0.828. The molecular formula is C25H34N2OS. The lowest BCUT2D eigenvalue weighted by Gasteiger charge is -2.42. The van der Waals surface area contributed by atoms with Gasteiger partial charge in [-0.2, -0.15) is 0 Å². The molecule has 5 unspecified atom stereocenters. The molecule has 0 radical (unpaired) electrons. The van der Waals surface area contributed by atoms with Crippen LogP contribution >= 0.6 is 12.2 Å². The van der Waals surface area contributed by atoms with Gasteiger partial charge in [-0.1, -0.05) is 42.5 Å². The highest BCUT2D eigenvalue weighted by Crippen LogP contribution is 2.71. The zero-order valence-corrected chi connectivity index (χ0v) is 18.4. The van der Waals surface area contributed by atoms with Crippen molar-refractivity contribution in [3.63, 3.8) is 0 Å². The highest BCUT2D eigenvalue weighted by atomic mass is 32.1. The van der Waals surface area contributed by atoms with E-state index < -0.39 is 0 Å². The molecule has 29 heavy (non-hydrogen) atoms. The molecule has 4 heteroatoms. The van der Waals surface area contributed by atoms with Crippen molar-refractivity contribution in [2.45, 2.75) is 62.9 Å². The number of nitrogens with zero attached hydrogens (tertiary/aromatic N) is 1. The van der Waals surface area contributed by atoms with E-state index in [0.717, 1.165) is 18.0 Å². The number of rotatable bonds is 5. The second-order valence-corrected chi connectivity index (χ2v) is 10.6. The minimum absolute atomic E-state index is 0.0553. The first-order valence-electron chi connectivity index (χ1n) is 11.5. The smallest absolute Gasteiger partial charge is 0.109 e. The van der Waals surface area contributed by atoms with Crippen LogP contribution in [-0.4, -0.2) is 31.0 Å². The maximum absolute atomic E-state index is 6.06. The van der Waals surface area contributed by atoms with E-state index >= 15 is 0 Å². The predicted octanol–water partition coefficient (Wildman–Crippen LogP) is 4.92. The molecule has 5 aliphatic carbocycles. The number of benzene rings is 1. The molecule has 1 aromatic rings. The van der Waals surface area contributed by atoms with Gasteiger partial charge >= 0.3 is 0 Å². The van der Waals surface area contributed by atoms with Crippen molar-refractivity contribution in [2.75, 3.05) is 13.7 Å². The van der Waals surface area contributed by atoms with Gasteiger partial charge < -0.3 is 10.5 Å². The molecule has 5 aliphatic rings. The summed E-state index contributed by atoms with van der Waals surface area (Å²) in [5.41, 5.74) is 7.67. The Balaban J connectivity index is 1.38. The van der Waals surface area contributed by atoms with Gasteiger partial charge in [0.05, 0.1) is 6.10 Å². The summed E-state index contributed by atoms with van der Waals surface area (Å²) in [5.74, 6) is 2.41. The summed E-state index contributed by atoms with van der Waals surface area (Å²) in [6.07, 6.45) is 12.2. The van der Waals surface area contributed by atoms with E-state index in [9.17, 15) is 0 Å². The number of ether oxygens (including phenoxy) is 1. The highest BCUT2D eigenvalue weighted by molar-refractivity contribution is 7.80. The summed E-state index contributed by atoms with van der Waals surface area (Å²) in [5, 5.41) is 0. The van der Waals surface area contributed by atoms with E-state index in [4.69, 9.17) is 27.7 Å². The molecule has 0 aliphatic heterocycles. The number of thiocarbonyl (C=S) groups is 1. The number of hydrogen-bond donors (Lipinski definition) is 1. The van der Waals surface area contributed by atoms with Crippen LogP contribution < -0.4 is 5.73 Å². The van der Waals surface area contributed by atoms with E-state index in [1.165, 1.54) is 50.5 Å². The Morgan fingerprint density at radius 2 is 1.93 bits per heavy atom. The first kappa shape index (κ1) is 19.8. The average Bonchev–Trinajstić information content (AvgIpc) is 3.14. The summed E-state index contributed by atoms with van der Waals surface area (Å²) in [7, 11) is 1.89. The van der Waals surface area contributed by atoms with Crippen molar-refractivity contribution in [1.29, 1.82) is 0 Å². The van der Waals surface area contributed by atoms with Crippen LogP contribution in [0.3, 0.4) is 0 Å². The molecule has 5 fully saturated rings. The molecule has 6 rings (SSSR count). The summed E-state index contributed by atoms with van der Waals surface area (Å²) >= 11 is 6.06. The fourth-order valence-electron chi connectivity index (χ4n) is 7.52. The molecule has 0 aromatic heterocycles. The lowest BCUT2D eigenvalue weighted by molar-refractivity contribution is 0.00248. The van der Waals surface area contributed by atoms with Crippen molar-refractivity contribution in [1.82, 2.24) is 0 Å². The predicted molar refractivity (Wildman–Crippen MR) is 122 cm³/mol. The number of nitrogens with two attached hydrogens (primary N) is 1. The zero-order chi connectivity index (χ0) is 20.1. The van der Waals surface area contributed by atoms with Crippen LogP contribution in [0, 0.1) is 29.1 Å². The third kappa shape index (κ3) is 3.14. The van der Waals surface area contributed by atoms with Crippen LogP contribution in [0.1, 0.15) is 56.9 Å². The Hall–Kier alpha value is -1.10. The first-order valence-corrected chi connectivity index (χ1v) is 11.9. The Kier molecular flexibility index (Phi) is 5.16. The van der Waals surface area contributed by atoms with E-state index in [1.54, 1.807) is 0 Å². The third-order valence-electron chi connectivity index (χ3n) is 8.83. The van der Waals surface area contributed by atoms with Gasteiger partial charge in [-0.3, -0.25) is 4.99 Å². The first-order chi connectivity index (χ1) is 14.1. The average molecular weight is 411 g/mol. The standard InChI is InChI=1S/C25H34N2OS/c1-28-22-19-11-24(20-5-3-2-4-6-20)13-21(22)25(12-19,16-24)23(29)27-15-18-9-7-17(14-26)8-10-18/h2-6,15,17-19,21-22H,7-14,16,26H2,1H3. The molecule has 1 aromatic carbocycles. The fourth-order valence-corrected chi connectivity index (χ4v) is 7.89. The van der Waals surface area contributed by atoms with Crippen molar-refractivity contribution in [3.8, 4) is 0 Å². The molecule has 0 spiro atoms. The molecule has 0 saturated heterocycles. The van der Waals surface area contributed by atoms with Gasteiger partial charge in [-0.25, -0.2) is 0 Å². The minimum Gasteiger partial charge on any atom is -0.381 e. The van der Waals surface area contributed by atoms with Crippen molar-refractivity contribution >= 4 is 23.4 Å². The molecule has 5 atom stereocenters. The molecule has 0 amide bonds. The van der Waals surface area contributed by atoms with Crippen LogP contribution in [0.15, 0.2) is 35.3 Å². The van der Waals surface area contributed by atoms with E-state index in [2.05, 4.69) is 36.5 Å². The van der Waals surface area contributed by atoms with Crippen LogP contribution in [0.25, 0.3) is 0 Å². The van der Waals surface area contributed by atoms with Crippen LogP contribution in [0.5, 0.6) is 0 Å². The topological polar surface area (TPSA) is 47.6 Å². The Morgan fingerprint density at radius 1 is 1.17 bits per heavy atom. The second-order valence-electron chi connectivity index (χ2n) is 10.3. The van der Waals surface area contributed by atoms with Gasteiger partial charge in [-0.05, 0) is 92.6 Å². The summed E-state index contributed by atoms with van der Waals surface area (Å²) in [4.78, 5) is 5.95. The van der Waals surface area contributed by atoms with Gasteiger partial charge in [0.2, 0.25) is 0 Å². The van der Waals surface area contributed by atoms with Gasteiger partial charge in [-0.15, -0.1) is 0 Å². The summed E-state index contributed by atoms with van der Waals surface area (Å²) in [6, 6.07) is 11.1. The molecule has 0 heterocycles. The Bertz CT molecular complexity index is 787. The maximum Gasteiger partial charge on any atom is 0.109 e. The van der Waals surface area contributed by atoms with Crippen molar-refractivity contribution in [2.24, 2.45) is 39.8 Å². The lowest BCUT2D eigenvalue weighted by atomic mass is 9.63. The zero-order valence-electron chi connectivity index (χ0n) is 17.6. The highest BCUT2D eigenvalue weighted by Gasteiger charge is 2.70. The normalized spacial score (nSPS) is 43.3. The van der Waals surface area contributed by atoms with E-state index in [1.807, 2.05) is 7.11 Å². The van der Waals surface area contributed by atoms with Crippen LogP contribution in [0.4, 0.5) is 0 Å². The minimum atomic E-state index is 0.0553. The molecule has 156 valence electrons. The third-order valence-corrected chi connectivity index (χ3v) is 9.34. The fraction of sp³-hybridized carbons (Fsp3) is 0.680. The summed E-state index contributed by atoms with van der Waals surface area (Å²) < 4.78 is 6.03. The second kappa shape index (κ2) is 7.55. The van der Waals surface area contributed by atoms with Crippen LogP contribution in [0.2, 0.25) is 0 Å². The Labute approximate surface area is 180 Å². The van der Waals surface area contributed by atoms with E-state index in [0.29, 0.717) is 29.8 Å². The monoisotopic (exact) mass is 410 g/mol. The van der Waals surface area contributed by atoms with Gasteiger partial charge in [0.25, 0.3) is 0 Å².